The quantitative estimate of drug-likeness (QED) is 0.294. The van der Waals surface area contributed by atoms with E-state index in [1.54, 1.807) is 0 Å². The fraction of sp³-hybridized carbons (Fsp3) is 0.452. The van der Waals surface area contributed by atoms with Crippen LogP contribution in [0.3, 0.4) is 0 Å². The van der Waals surface area contributed by atoms with E-state index in [1.807, 2.05) is 6.07 Å². The third kappa shape index (κ3) is 8.55. The maximum Gasteiger partial charge on any atom is 0.490 e. The number of rotatable bonds is 7. The Labute approximate surface area is 252 Å². The number of hydrogen-bond acceptors (Lipinski definition) is 7. The molecule has 2 aromatic carbocycles. The van der Waals surface area contributed by atoms with Gasteiger partial charge in [0.05, 0.1) is 17.4 Å². The number of nitrogens with zero attached hydrogens (tertiary/aromatic N) is 4. The normalized spacial score (nSPS) is 17.5. The van der Waals surface area contributed by atoms with Crippen LogP contribution in [-0.2, 0) is 17.8 Å². The highest BCUT2D eigenvalue weighted by Crippen LogP contribution is 2.34. The first-order valence-corrected chi connectivity index (χ1v) is 14.4. The lowest BCUT2D eigenvalue weighted by molar-refractivity contribution is -0.192. The van der Waals surface area contributed by atoms with Crippen LogP contribution in [0.15, 0.2) is 48.5 Å². The van der Waals surface area contributed by atoms with Crippen LogP contribution in [0.4, 0.5) is 33.6 Å². The van der Waals surface area contributed by atoms with E-state index in [9.17, 15) is 22.0 Å². The number of carbonyl (C=O) groups is 1. The summed E-state index contributed by atoms with van der Waals surface area (Å²) in [7, 11) is 0. The second kappa shape index (κ2) is 14.2. The molecule has 1 aromatic heterocycles. The van der Waals surface area contributed by atoms with E-state index in [1.165, 1.54) is 17.7 Å². The predicted molar refractivity (Wildman–Crippen MR) is 156 cm³/mol. The van der Waals surface area contributed by atoms with Crippen molar-refractivity contribution < 1.29 is 36.6 Å². The molecular formula is C31H36F5N5O3. The van der Waals surface area contributed by atoms with Crippen molar-refractivity contribution >= 4 is 17.6 Å². The molecule has 44 heavy (non-hydrogen) atoms. The number of aromatic nitrogens is 2. The number of fused-ring (bicyclic) bond motifs is 1. The number of anilines is 2. The summed E-state index contributed by atoms with van der Waals surface area (Å²) >= 11 is 0. The minimum absolute atomic E-state index is 0.102. The molecule has 0 bridgehead atoms. The number of hydrogen-bond donors (Lipinski definition) is 2. The number of aliphatic carboxylic acids is 1. The zero-order chi connectivity index (χ0) is 32.0. The SMILES string of the molecule is CC(C)Nc1nc2c(nc1N1CCC(Oc3ccc(F)cc3F)CC1)CCN(Cc1ccccc1)C2C.O=C(O)C(F)(F)F. The van der Waals surface area contributed by atoms with Gasteiger partial charge in [0.15, 0.2) is 23.2 Å². The third-order valence-corrected chi connectivity index (χ3v) is 7.39. The molecular weight excluding hydrogens is 585 g/mol. The van der Waals surface area contributed by atoms with E-state index >= 15 is 0 Å². The summed E-state index contributed by atoms with van der Waals surface area (Å²) in [6.07, 6.45) is -2.91. The number of nitrogens with one attached hydrogen (secondary N) is 1. The van der Waals surface area contributed by atoms with Crippen LogP contribution in [0, 0.1) is 11.6 Å². The molecule has 3 heterocycles. The number of carboxylic acids is 1. The van der Waals surface area contributed by atoms with Crippen molar-refractivity contribution in [2.24, 2.45) is 0 Å². The zero-order valence-corrected chi connectivity index (χ0v) is 24.7. The highest BCUT2D eigenvalue weighted by atomic mass is 19.4. The molecule has 1 unspecified atom stereocenters. The van der Waals surface area contributed by atoms with Crippen molar-refractivity contribution in [1.29, 1.82) is 0 Å². The van der Waals surface area contributed by atoms with Crippen LogP contribution >= 0.6 is 0 Å². The monoisotopic (exact) mass is 621 g/mol. The lowest BCUT2D eigenvalue weighted by Crippen LogP contribution is -2.40. The first kappa shape index (κ1) is 32.9. The number of ether oxygens (including phenoxy) is 1. The van der Waals surface area contributed by atoms with Crippen LogP contribution in [0.1, 0.15) is 56.6 Å². The summed E-state index contributed by atoms with van der Waals surface area (Å²) in [5, 5.41) is 10.6. The summed E-state index contributed by atoms with van der Waals surface area (Å²) in [6, 6.07) is 14.4. The highest BCUT2D eigenvalue weighted by Gasteiger charge is 2.38. The largest absolute Gasteiger partial charge is 0.490 e. The fourth-order valence-corrected chi connectivity index (χ4v) is 5.17. The van der Waals surface area contributed by atoms with E-state index in [0.717, 1.165) is 74.5 Å². The third-order valence-electron chi connectivity index (χ3n) is 7.39. The smallest absolute Gasteiger partial charge is 0.487 e. The summed E-state index contributed by atoms with van der Waals surface area (Å²) in [4.78, 5) is 23.9. The lowest BCUT2D eigenvalue weighted by atomic mass is 10.0. The van der Waals surface area contributed by atoms with E-state index < -0.39 is 23.8 Å². The Kier molecular flexibility index (Phi) is 10.6. The summed E-state index contributed by atoms with van der Waals surface area (Å²) < 4.78 is 64.9. The van der Waals surface area contributed by atoms with Gasteiger partial charge in [0.25, 0.3) is 0 Å². The van der Waals surface area contributed by atoms with Gasteiger partial charge in [-0.15, -0.1) is 0 Å². The molecule has 1 saturated heterocycles. The molecule has 1 fully saturated rings. The second-order valence-electron chi connectivity index (χ2n) is 11.1. The van der Waals surface area contributed by atoms with Crippen molar-refractivity contribution in [1.82, 2.24) is 14.9 Å². The molecule has 0 aliphatic carbocycles. The van der Waals surface area contributed by atoms with Gasteiger partial charge in [-0.1, -0.05) is 30.3 Å². The molecule has 2 aliphatic heterocycles. The number of halogens is 5. The van der Waals surface area contributed by atoms with Crippen molar-refractivity contribution in [2.45, 2.75) is 70.9 Å². The predicted octanol–water partition coefficient (Wildman–Crippen LogP) is 6.38. The van der Waals surface area contributed by atoms with E-state index in [0.29, 0.717) is 0 Å². The average Bonchev–Trinajstić information content (AvgIpc) is 2.97. The number of piperidine rings is 1. The summed E-state index contributed by atoms with van der Waals surface area (Å²) in [6.45, 7) is 9.70. The molecule has 0 radical (unpaired) electrons. The van der Waals surface area contributed by atoms with Crippen molar-refractivity contribution in [3.63, 3.8) is 0 Å². The van der Waals surface area contributed by atoms with Gasteiger partial charge in [-0.05, 0) is 38.5 Å². The Hall–Kier alpha value is -4.00. The maximum atomic E-state index is 14.1. The standard InChI is InChI=1S/C29H35F2N5O.C2HF3O2/c1-19(2)32-28-29(35-14-11-23(12-15-35)37-26-10-9-22(30)17-24(26)31)33-25-13-16-36(20(3)27(25)34-28)18-21-7-5-4-6-8-21;3-2(4,5)1(6)7/h4-10,17,19-20,23H,11-16,18H2,1-3H3,(H,32,34);(H,6,7). The van der Waals surface area contributed by atoms with Gasteiger partial charge in [-0.3, -0.25) is 4.90 Å². The van der Waals surface area contributed by atoms with Crippen LogP contribution in [0.5, 0.6) is 5.75 Å². The van der Waals surface area contributed by atoms with Crippen molar-refractivity contribution in [3.05, 3.63) is 77.1 Å². The number of carboxylic acid groups (broad SMARTS) is 1. The summed E-state index contributed by atoms with van der Waals surface area (Å²) in [5.74, 6) is -2.24. The van der Waals surface area contributed by atoms with E-state index in [-0.39, 0.29) is 23.9 Å². The van der Waals surface area contributed by atoms with Gasteiger partial charge >= 0.3 is 12.1 Å². The molecule has 13 heteroatoms. The molecule has 1 atom stereocenters. The minimum Gasteiger partial charge on any atom is -0.487 e. The highest BCUT2D eigenvalue weighted by molar-refractivity contribution is 5.73. The average molecular weight is 622 g/mol. The van der Waals surface area contributed by atoms with Gasteiger partial charge < -0.3 is 20.1 Å². The van der Waals surface area contributed by atoms with Crippen LogP contribution in [0.25, 0.3) is 0 Å². The van der Waals surface area contributed by atoms with Crippen LogP contribution < -0.4 is 15.0 Å². The van der Waals surface area contributed by atoms with Gasteiger partial charge in [-0.25, -0.2) is 23.5 Å². The van der Waals surface area contributed by atoms with Gasteiger partial charge in [0, 0.05) is 57.5 Å². The molecule has 8 nitrogen and oxygen atoms in total. The van der Waals surface area contributed by atoms with E-state index in [2.05, 4.69) is 60.2 Å². The molecule has 2 N–H and O–H groups in total. The van der Waals surface area contributed by atoms with Crippen molar-refractivity contribution in [2.75, 3.05) is 29.9 Å². The van der Waals surface area contributed by atoms with Gasteiger partial charge in [-0.2, -0.15) is 13.2 Å². The van der Waals surface area contributed by atoms with Crippen LogP contribution in [0.2, 0.25) is 0 Å². The van der Waals surface area contributed by atoms with Crippen molar-refractivity contribution in [3.8, 4) is 5.75 Å². The Morgan fingerprint density at radius 2 is 1.73 bits per heavy atom. The minimum atomic E-state index is -5.08. The second-order valence-corrected chi connectivity index (χ2v) is 11.1. The molecule has 3 aromatic rings. The molecule has 0 saturated carbocycles. The summed E-state index contributed by atoms with van der Waals surface area (Å²) in [5.41, 5.74) is 3.40. The maximum absolute atomic E-state index is 14.1. The van der Waals surface area contributed by atoms with E-state index in [4.69, 9.17) is 24.6 Å². The molecule has 2 aliphatic rings. The van der Waals surface area contributed by atoms with Gasteiger partial charge in [0.2, 0.25) is 0 Å². The topological polar surface area (TPSA) is 90.8 Å². The molecule has 0 amide bonds. The molecule has 0 spiro atoms. The first-order valence-electron chi connectivity index (χ1n) is 14.4. The Morgan fingerprint density at radius 3 is 2.32 bits per heavy atom. The lowest BCUT2D eigenvalue weighted by Gasteiger charge is -2.37. The Morgan fingerprint density at radius 1 is 1.07 bits per heavy atom. The Balaban J connectivity index is 0.000000566. The van der Waals surface area contributed by atoms with Gasteiger partial charge in [0.1, 0.15) is 11.9 Å². The first-order chi connectivity index (χ1) is 20.8. The molecule has 5 rings (SSSR count). The van der Waals surface area contributed by atoms with Crippen LogP contribution in [-0.4, -0.2) is 63.9 Å². The number of alkyl halides is 3. The molecule has 238 valence electrons. The zero-order valence-electron chi connectivity index (χ0n) is 24.7. The number of benzene rings is 2. The fourth-order valence-electron chi connectivity index (χ4n) is 5.17. The Bertz CT molecular complexity index is 1420.